The van der Waals surface area contributed by atoms with Crippen LogP contribution in [0.1, 0.15) is 21.5 Å². The summed E-state index contributed by atoms with van der Waals surface area (Å²) in [7, 11) is 0. The van der Waals surface area contributed by atoms with Crippen molar-refractivity contribution in [3.05, 3.63) is 63.3 Å². The molecule has 0 unspecified atom stereocenters. The van der Waals surface area contributed by atoms with E-state index in [1.165, 1.54) is 6.07 Å². The van der Waals surface area contributed by atoms with E-state index in [2.05, 4.69) is 10.3 Å². The first-order chi connectivity index (χ1) is 10.5. The summed E-state index contributed by atoms with van der Waals surface area (Å²) in [5.41, 5.74) is 2.04. The van der Waals surface area contributed by atoms with Crippen molar-refractivity contribution in [1.82, 2.24) is 4.98 Å². The van der Waals surface area contributed by atoms with Gasteiger partial charge in [-0.2, -0.15) is 11.8 Å². The van der Waals surface area contributed by atoms with Gasteiger partial charge in [0.05, 0.1) is 4.92 Å². The molecule has 1 N–H and O–H groups in total. The summed E-state index contributed by atoms with van der Waals surface area (Å²) in [6, 6.07) is 8.79. The van der Waals surface area contributed by atoms with Gasteiger partial charge in [0.2, 0.25) is 0 Å². The summed E-state index contributed by atoms with van der Waals surface area (Å²) in [4.78, 5) is 26.3. The number of anilines is 1. The zero-order valence-electron chi connectivity index (χ0n) is 12.2. The number of rotatable bonds is 5. The third-order valence-electron chi connectivity index (χ3n) is 3.05. The summed E-state index contributed by atoms with van der Waals surface area (Å²) in [5, 5.41) is 13.4. The lowest BCUT2D eigenvalue weighted by Gasteiger charge is -2.06. The van der Waals surface area contributed by atoms with Crippen LogP contribution in [0.25, 0.3) is 0 Å². The Balaban J connectivity index is 2.11. The fraction of sp³-hybridized carbons (Fsp3) is 0.200. The van der Waals surface area contributed by atoms with Gasteiger partial charge in [-0.3, -0.25) is 14.9 Å². The second kappa shape index (κ2) is 7.04. The first-order valence-corrected chi connectivity index (χ1v) is 7.91. The van der Waals surface area contributed by atoms with Crippen LogP contribution >= 0.6 is 11.8 Å². The quantitative estimate of drug-likeness (QED) is 0.674. The number of aryl methyl sites for hydroxylation is 1. The van der Waals surface area contributed by atoms with Gasteiger partial charge < -0.3 is 5.32 Å². The Morgan fingerprint density at radius 2 is 2.05 bits per heavy atom. The number of carbonyl (C=O) groups is 1. The van der Waals surface area contributed by atoms with Gasteiger partial charge in [0.25, 0.3) is 11.6 Å². The number of carbonyl (C=O) groups excluding carboxylic acids is 1. The minimum atomic E-state index is -0.502. The lowest BCUT2D eigenvalue weighted by atomic mass is 10.1. The number of pyridine rings is 1. The lowest BCUT2D eigenvalue weighted by Crippen LogP contribution is -2.13. The van der Waals surface area contributed by atoms with Gasteiger partial charge in [-0.25, -0.2) is 4.98 Å². The topological polar surface area (TPSA) is 85.1 Å². The van der Waals surface area contributed by atoms with E-state index in [4.69, 9.17) is 0 Å². The van der Waals surface area contributed by atoms with Gasteiger partial charge in [0.1, 0.15) is 12.0 Å². The molecule has 0 aliphatic heterocycles. The van der Waals surface area contributed by atoms with E-state index in [9.17, 15) is 14.9 Å². The highest BCUT2D eigenvalue weighted by Crippen LogP contribution is 2.19. The summed E-state index contributed by atoms with van der Waals surface area (Å²) >= 11 is 1.71. The molecule has 0 spiro atoms. The number of nitrogens with zero attached hydrogens (tertiary/aromatic N) is 2. The molecule has 1 aromatic heterocycles. The Bertz CT molecular complexity index is 702. The van der Waals surface area contributed by atoms with Gasteiger partial charge in [-0.1, -0.05) is 12.1 Å². The maximum absolute atomic E-state index is 12.1. The number of aromatic nitrogens is 1. The number of hydrogen-bond donors (Lipinski definition) is 1. The molecule has 0 aliphatic rings. The van der Waals surface area contributed by atoms with Crippen molar-refractivity contribution in [2.45, 2.75) is 12.7 Å². The van der Waals surface area contributed by atoms with Crippen molar-refractivity contribution in [1.29, 1.82) is 0 Å². The number of thioether (sulfide) groups is 1. The van der Waals surface area contributed by atoms with Crippen LogP contribution in [-0.2, 0) is 5.75 Å². The molecule has 1 heterocycles. The van der Waals surface area contributed by atoms with Crippen molar-refractivity contribution in [2.24, 2.45) is 0 Å². The van der Waals surface area contributed by atoms with Crippen LogP contribution in [0.2, 0.25) is 0 Å². The smallest absolute Gasteiger partial charge is 0.290 e. The molecule has 0 aliphatic carbocycles. The summed E-state index contributed by atoms with van der Waals surface area (Å²) in [6.07, 6.45) is 3.16. The average molecular weight is 317 g/mol. The van der Waals surface area contributed by atoms with Crippen molar-refractivity contribution >= 4 is 29.2 Å². The van der Waals surface area contributed by atoms with Crippen LogP contribution < -0.4 is 5.32 Å². The Morgan fingerprint density at radius 1 is 1.36 bits per heavy atom. The van der Waals surface area contributed by atoms with Crippen LogP contribution in [0.15, 0.2) is 36.5 Å². The molecule has 0 fully saturated rings. The monoisotopic (exact) mass is 317 g/mol. The summed E-state index contributed by atoms with van der Waals surface area (Å²) in [5.74, 6) is 0.892. The lowest BCUT2D eigenvalue weighted by molar-refractivity contribution is -0.385. The molecular formula is C15H15N3O3S. The minimum absolute atomic E-state index is 0.0700. The number of nitrogens with one attached hydrogen (secondary N) is 1. The molecule has 7 heteroatoms. The second-order valence-corrected chi connectivity index (χ2v) is 5.56. The highest BCUT2D eigenvalue weighted by molar-refractivity contribution is 7.97. The van der Waals surface area contributed by atoms with Gasteiger partial charge >= 0.3 is 0 Å². The average Bonchev–Trinajstić information content (AvgIpc) is 2.48. The highest BCUT2D eigenvalue weighted by Gasteiger charge is 2.13. The van der Waals surface area contributed by atoms with E-state index in [1.54, 1.807) is 30.8 Å². The molecule has 2 aromatic rings. The van der Waals surface area contributed by atoms with E-state index in [-0.39, 0.29) is 11.6 Å². The Labute approximate surface area is 132 Å². The van der Waals surface area contributed by atoms with Gasteiger partial charge in [0.15, 0.2) is 0 Å². The zero-order chi connectivity index (χ0) is 16.1. The largest absolute Gasteiger partial charge is 0.307 e. The predicted molar refractivity (Wildman–Crippen MR) is 87.2 cm³/mol. The van der Waals surface area contributed by atoms with Crippen molar-refractivity contribution < 1.29 is 9.72 Å². The summed E-state index contributed by atoms with van der Waals surface area (Å²) in [6.45, 7) is 1.60. The molecule has 1 aromatic carbocycles. The van der Waals surface area contributed by atoms with Gasteiger partial charge in [-0.15, -0.1) is 0 Å². The number of nitro groups is 1. The summed E-state index contributed by atoms with van der Waals surface area (Å²) < 4.78 is 0. The zero-order valence-corrected chi connectivity index (χ0v) is 13.0. The Hall–Kier alpha value is -2.41. The van der Waals surface area contributed by atoms with Crippen LogP contribution in [0.4, 0.5) is 11.5 Å². The Kier molecular flexibility index (Phi) is 5.11. The number of hydrogen-bond acceptors (Lipinski definition) is 5. The van der Waals surface area contributed by atoms with E-state index < -0.39 is 4.92 Å². The molecule has 6 nitrogen and oxygen atoms in total. The third-order valence-corrected chi connectivity index (χ3v) is 3.67. The van der Waals surface area contributed by atoms with Crippen LogP contribution in [-0.4, -0.2) is 22.1 Å². The van der Waals surface area contributed by atoms with Crippen molar-refractivity contribution in [3.63, 3.8) is 0 Å². The van der Waals surface area contributed by atoms with Crippen molar-refractivity contribution in [3.8, 4) is 0 Å². The van der Waals surface area contributed by atoms with Gasteiger partial charge in [-0.05, 0) is 36.9 Å². The molecule has 114 valence electrons. The highest BCUT2D eigenvalue weighted by atomic mass is 32.2. The molecule has 22 heavy (non-hydrogen) atoms. The molecule has 1 amide bonds. The molecule has 0 bridgehead atoms. The predicted octanol–water partition coefficient (Wildman–Crippen LogP) is 3.41. The molecule has 0 saturated carbocycles. The molecular weight excluding hydrogens is 302 g/mol. The first kappa shape index (κ1) is 16.0. The third kappa shape index (κ3) is 3.82. The molecule has 2 rings (SSSR count). The van der Waals surface area contributed by atoms with Crippen molar-refractivity contribution in [2.75, 3.05) is 11.6 Å². The number of benzene rings is 1. The second-order valence-electron chi connectivity index (χ2n) is 4.70. The SMILES string of the molecule is CSCc1ccc(C(=O)Nc2cc(C)c([N+](=O)[O-])cn2)cc1. The normalized spacial score (nSPS) is 10.3. The fourth-order valence-corrected chi connectivity index (χ4v) is 2.44. The maximum atomic E-state index is 12.1. The van der Waals surface area contributed by atoms with Crippen LogP contribution in [0.5, 0.6) is 0 Å². The van der Waals surface area contributed by atoms with E-state index in [1.807, 2.05) is 18.4 Å². The maximum Gasteiger partial charge on any atom is 0.290 e. The van der Waals surface area contributed by atoms with E-state index in [0.29, 0.717) is 16.9 Å². The minimum Gasteiger partial charge on any atom is -0.307 e. The first-order valence-electron chi connectivity index (χ1n) is 6.51. The fourth-order valence-electron chi connectivity index (χ4n) is 1.92. The van der Waals surface area contributed by atoms with E-state index in [0.717, 1.165) is 17.5 Å². The molecule has 0 atom stereocenters. The molecule has 0 saturated heterocycles. The molecule has 0 radical (unpaired) electrons. The van der Waals surface area contributed by atoms with Crippen LogP contribution in [0.3, 0.4) is 0 Å². The van der Waals surface area contributed by atoms with Gasteiger partial charge in [0, 0.05) is 16.9 Å². The van der Waals surface area contributed by atoms with E-state index >= 15 is 0 Å². The standard InChI is InChI=1S/C15H15N3O3S/c1-10-7-14(16-8-13(10)18(20)21)17-15(19)12-5-3-11(4-6-12)9-22-2/h3-8H,9H2,1-2H3,(H,16,17,19). The number of amides is 1. The Morgan fingerprint density at radius 3 is 2.59 bits per heavy atom. The van der Waals surface area contributed by atoms with Crippen LogP contribution in [0, 0.1) is 17.0 Å².